The summed E-state index contributed by atoms with van der Waals surface area (Å²) < 4.78 is 0.619. The predicted octanol–water partition coefficient (Wildman–Crippen LogP) is 3.21. The maximum atomic E-state index is 11.9. The number of ketones is 1. The highest BCUT2D eigenvalue weighted by atomic mass is 35.5. The number of rotatable bonds is 2. The zero-order valence-corrected chi connectivity index (χ0v) is 9.31. The fraction of sp³-hybridized carbons (Fsp3) is 0. The fourth-order valence-corrected chi connectivity index (χ4v) is 2.22. The smallest absolute Gasteiger partial charge is 0.202 e. The first-order valence-corrected chi connectivity index (χ1v) is 5.52. The lowest BCUT2D eigenvalue weighted by Crippen LogP contribution is -1.98. The molecule has 0 unspecified atom stereocenters. The molecule has 1 aromatic carbocycles. The summed E-state index contributed by atoms with van der Waals surface area (Å²) in [5, 5.41) is 0. The molecule has 0 bridgehead atoms. The first kappa shape index (κ1) is 10.2. The second-order valence-electron chi connectivity index (χ2n) is 3.05. The van der Waals surface area contributed by atoms with Crippen molar-refractivity contribution in [3.63, 3.8) is 0 Å². The lowest BCUT2D eigenvalue weighted by atomic mass is 10.1. The molecule has 0 spiro atoms. The quantitative estimate of drug-likeness (QED) is 0.644. The molecule has 0 radical (unpaired) electrons. The SMILES string of the molecule is Nc1ccc(C(=O)c2ccc(Cl)s2)cc1. The van der Waals surface area contributed by atoms with E-state index in [1.54, 1.807) is 36.4 Å². The van der Waals surface area contributed by atoms with Crippen LogP contribution < -0.4 is 5.73 Å². The van der Waals surface area contributed by atoms with E-state index in [2.05, 4.69) is 0 Å². The third-order valence-electron chi connectivity index (χ3n) is 1.97. The van der Waals surface area contributed by atoms with Gasteiger partial charge in [-0.1, -0.05) is 11.6 Å². The minimum absolute atomic E-state index is 0.0214. The van der Waals surface area contributed by atoms with Crippen molar-refractivity contribution in [2.75, 3.05) is 5.73 Å². The summed E-state index contributed by atoms with van der Waals surface area (Å²) in [4.78, 5) is 12.5. The minimum Gasteiger partial charge on any atom is -0.399 e. The highest BCUT2D eigenvalue weighted by Gasteiger charge is 2.10. The summed E-state index contributed by atoms with van der Waals surface area (Å²) in [5.74, 6) is -0.0214. The number of carbonyl (C=O) groups excluding carboxylic acids is 1. The Balaban J connectivity index is 2.32. The molecule has 1 aromatic heterocycles. The van der Waals surface area contributed by atoms with E-state index in [1.165, 1.54) is 11.3 Å². The maximum absolute atomic E-state index is 11.9. The Hall–Kier alpha value is -1.32. The average molecular weight is 238 g/mol. The van der Waals surface area contributed by atoms with Gasteiger partial charge in [0.2, 0.25) is 5.78 Å². The molecule has 2 nitrogen and oxygen atoms in total. The van der Waals surface area contributed by atoms with Crippen LogP contribution in [0.15, 0.2) is 36.4 Å². The number of carbonyl (C=O) groups is 1. The molecule has 15 heavy (non-hydrogen) atoms. The van der Waals surface area contributed by atoms with Crippen LogP contribution in [0, 0.1) is 0 Å². The van der Waals surface area contributed by atoms with Crippen molar-refractivity contribution in [3.05, 3.63) is 51.2 Å². The van der Waals surface area contributed by atoms with Gasteiger partial charge in [-0.05, 0) is 36.4 Å². The van der Waals surface area contributed by atoms with Crippen molar-refractivity contribution in [3.8, 4) is 0 Å². The summed E-state index contributed by atoms with van der Waals surface area (Å²) >= 11 is 7.04. The fourth-order valence-electron chi connectivity index (χ4n) is 1.21. The van der Waals surface area contributed by atoms with Crippen molar-refractivity contribution < 1.29 is 4.79 Å². The van der Waals surface area contributed by atoms with Crippen LogP contribution in [-0.2, 0) is 0 Å². The Morgan fingerprint density at radius 2 is 1.80 bits per heavy atom. The number of nitrogen functional groups attached to an aromatic ring is 1. The van der Waals surface area contributed by atoms with E-state index < -0.39 is 0 Å². The molecule has 0 aliphatic rings. The predicted molar refractivity (Wildman–Crippen MR) is 63.6 cm³/mol. The number of thiophene rings is 1. The number of hydrogen-bond acceptors (Lipinski definition) is 3. The Kier molecular flexibility index (Phi) is 2.75. The Bertz CT molecular complexity index is 490. The Morgan fingerprint density at radius 3 is 2.33 bits per heavy atom. The minimum atomic E-state index is -0.0214. The zero-order chi connectivity index (χ0) is 10.8. The van der Waals surface area contributed by atoms with Crippen LogP contribution in [0.25, 0.3) is 0 Å². The van der Waals surface area contributed by atoms with Crippen LogP contribution in [0.5, 0.6) is 0 Å². The number of nitrogens with two attached hydrogens (primary N) is 1. The topological polar surface area (TPSA) is 43.1 Å². The first-order chi connectivity index (χ1) is 7.16. The van der Waals surface area contributed by atoms with Crippen LogP contribution in [-0.4, -0.2) is 5.78 Å². The normalized spacial score (nSPS) is 10.2. The van der Waals surface area contributed by atoms with Gasteiger partial charge in [0.1, 0.15) is 0 Å². The van der Waals surface area contributed by atoms with Gasteiger partial charge in [-0.3, -0.25) is 4.79 Å². The average Bonchev–Trinajstić information content (AvgIpc) is 2.65. The number of anilines is 1. The molecule has 4 heteroatoms. The summed E-state index contributed by atoms with van der Waals surface area (Å²) in [6.45, 7) is 0. The van der Waals surface area contributed by atoms with Gasteiger partial charge in [-0.15, -0.1) is 11.3 Å². The first-order valence-electron chi connectivity index (χ1n) is 4.32. The standard InChI is InChI=1S/C11H8ClNOS/c12-10-6-5-9(15-10)11(14)7-1-3-8(13)4-2-7/h1-6H,13H2. The lowest BCUT2D eigenvalue weighted by Gasteiger charge is -1.98. The van der Waals surface area contributed by atoms with E-state index in [9.17, 15) is 4.79 Å². The highest BCUT2D eigenvalue weighted by molar-refractivity contribution is 7.18. The van der Waals surface area contributed by atoms with Gasteiger partial charge in [-0.25, -0.2) is 0 Å². The summed E-state index contributed by atoms with van der Waals surface area (Å²) in [7, 11) is 0. The molecule has 0 saturated heterocycles. The molecule has 2 aromatic rings. The molecule has 1 heterocycles. The molecule has 0 aliphatic carbocycles. The van der Waals surface area contributed by atoms with Gasteiger partial charge in [0.15, 0.2) is 0 Å². The molecule has 0 saturated carbocycles. The van der Waals surface area contributed by atoms with E-state index in [1.807, 2.05) is 0 Å². The van der Waals surface area contributed by atoms with Gasteiger partial charge in [0.25, 0.3) is 0 Å². The van der Waals surface area contributed by atoms with Gasteiger partial charge in [0.05, 0.1) is 9.21 Å². The maximum Gasteiger partial charge on any atom is 0.202 e. The Labute approximate surface area is 96.3 Å². The van der Waals surface area contributed by atoms with Crippen molar-refractivity contribution in [1.82, 2.24) is 0 Å². The second-order valence-corrected chi connectivity index (χ2v) is 4.77. The monoisotopic (exact) mass is 237 g/mol. The highest BCUT2D eigenvalue weighted by Crippen LogP contribution is 2.24. The van der Waals surface area contributed by atoms with Crippen LogP contribution in [0.4, 0.5) is 5.69 Å². The van der Waals surface area contributed by atoms with E-state index in [4.69, 9.17) is 17.3 Å². The third kappa shape index (κ3) is 2.19. The Morgan fingerprint density at radius 1 is 1.13 bits per heavy atom. The number of hydrogen-bond donors (Lipinski definition) is 1. The molecular formula is C11H8ClNOS. The number of benzene rings is 1. The molecular weight excluding hydrogens is 230 g/mol. The van der Waals surface area contributed by atoms with Crippen molar-refractivity contribution in [2.45, 2.75) is 0 Å². The summed E-state index contributed by atoms with van der Waals surface area (Å²) in [5.41, 5.74) is 6.82. The second kappa shape index (κ2) is 4.04. The molecule has 2 rings (SSSR count). The van der Waals surface area contributed by atoms with Crippen LogP contribution in [0.2, 0.25) is 4.34 Å². The van der Waals surface area contributed by atoms with Crippen LogP contribution in [0.1, 0.15) is 15.2 Å². The van der Waals surface area contributed by atoms with Crippen molar-refractivity contribution >= 4 is 34.4 Å². The van der Waals surface area contributed by atoms with E-state index in [-0.39, 0.29) is 5.78 Å². The lowest BCUT2D eigenvalue weighted by molar-refractivity contribution is 0.104. The largest absolute Gasteiger partial charge is 0.399 e. The zero-order valence-electron chi connectivity index (χ0n) is 7.74. The molecule has 2 N–H and O–H groups in total. The molecule has 0 amide bonds. The molecule has 0 aliphatic heterocycles. The third-order valence-corrected chi connectivity index (χ3v) is 3.20. The van der Waals surface area contributed by atoms with Crippen LogP contribution >= 0.6 is 22.9 Å². The van der Waals surface area contributed by atoms with Gasteiger partial charge >= 0.3 is 0 Å². The molecule has 0 atom stereocenters. The number of halogens is 1. The summed E-state index contributed by atoms with van der Waals surface area (Å²) in [6, 6.07) is 10.3. The van der Waals surface area contributed by atoms with Crippen molar-refractivity contribution in [2.24, 2.45) is 0 Å². The molecule has 0 fully saturated rings. The molecule has 76 valence electrons. The van der Waals surface area contributed by atoms with Gasteiger partial charge < -0.3 is 5.73 Å². The van der Waals surface area contributed by atoms with E-state index >= 15 is 0 Å². The van der Waals surface area contributed by atoms with E-state index in [0.717, 1.165) is 0 Å². The van der Waals surface area contributed by atoms with Gasteiger partial charge in [0, 0.05) is 11.3 Å². The van der Waals surface area contributed by atoms with E-state index in [0.29, 0.717) is 20.5 Å². The van der Waals surface area contributed by atoms with Crippen molar-refractivity contribution in [1.29, 1.82) is 0 Å². The van der Waals surface area contributed by atoms with Gasteiger partial charge in [-0.2, -0.15) is 0 Å². The summed E-state index contributed by atoms with van der Waals surface area (Å²) in [6.07, 6.45) is 0. The van der Waals surface area contributed by atoms with Crippen LogP contribution in [0.3, 0.4) is 0 Å².